The summed E-state index contributed by atoms with van der Waals surface area (Å²) in [5.41, 5.74) is 0.900. The van der Waals surface area contributed by atoms with E-state index in [9.17, 15) is 4.39 Å². The standard InChI is InChI=1S/C12H12FN3O/c13-9-6-10(14-7-9)12-15-11(16-17-12)8-4-2-1-3-5-8/h1-5,9-10,14H,6-7H2/t9-,10-/m1/s1. The second kappa shape index (κ2) is 4.25. The number of nitrogens with one attached hydrogen (secondary N) is 1. The predicted molar refractivity (Wildman–Crippen MR) is 60.0 cm³/mol. The van der Waals surface area contributed by atoms with Crippen molar-refractivity contribution in [3.05, 3.63) is 36.2 Å². The minimum Gasteiger partial charge on any atom is -0.337 e. The molecule has 1 saturated heterocycles. The number of hydrogen-bond acceptors (Lipinski definition) is 4. The molecule has 2 aromatic rings. The zero-order chi connectivity index (χ0) is 11.7. The molecule has 1 aliphatic heterocycles. The lowest BCUT2D eigenvalue weighted by atomic mass is 10.2. The van der Waals surface area contributed by atoms with Crippen LogP contribution in [0.25, 0.3) is 11.4 Å². The Bertz CT molecular complexity index is 499. The molecule has 0 aliphatic carbocycles. The number of hydrogen-bond donors (Lipinski definition) is 1. The van der Waals surface area contributed by atoms with Crippen LogP contribution in [0.2, 0.25) is 0 Å². The maximum Gasteiger partial charge on any atom is 0.244 e. The number of rotatable bonds is 2. The third kappa shape index (κ3) is 2.06. The zero-order valence-electron chi connectivity index (χ0n) is 9.14. The van der Waals surface area contributed by atoms with Crippen LogP contribution in [0.3, 0.4) is 0 Å². The van der Waals surface area contributed by atoms with E-state index in [-0.39, 0.29) is 6.04 Å². The molecule has 0 saturated carbocycles. The Morgan fingerprint density at radius 1 is 1.29 bits per heavy atom. The number of nitrogens with zero attached hydrogens (tertiary/aromatic N) is 2. The van der Waals surface area contributed by atoms with Crippen molar-refractivity contribution < 1.29 is 8.91 Å². The van der Waals surface area contributed by atoms with Crippen LogP contribution in [0.4, 0.5) is 4.39 Å². The largest absolute Gasteiger partial charge is 0.337 e. The molecule has 0 unspecified atom stereocenters. The van der Waals surface area contributed by atoms with Crippen LogP contribution in [-0.2, 0) is 0 Å². The lowest BCUT2D eigenvalue weighted by molar-refractivity contribution is 0.324. The molecule has 0 bridgehead atoms. The van der Waals surface area contributed by atoms with Gasteiger partial charge in [0.05, 0.1) is 6.04 Å². The van der Waals surface area contributed by atoms with Crippen molar-refractivity contribution in [2.45, 2.75) is 18.6 Å². The van der Waals surface area contributed by atoms with Gasteiger partial charge in [-0.05, 0) is 0 Å². The Labute approximate surface area is 97.8 Å². The Morgan fingerprint density at radius 2 is 2.12 bits per heavy atom. The van der Waals surface area contributed by atoms with Crippen molar-refractivity contribution in [3.8, 4) is 11.4 Å². The average molecular weight is 233 g/mol. The minimum atomic E-state index is -0.827. The summed E-state index contributed by atoms with van der Waals surface area (Å²) < 4.78 is 18.2. The van der Waals surface area contributed by atoms with Gasteiger partial charge in [0.15, 0.2) is 0 Å². The van der Waals surface area contributed by atoms with E-state index in [1.807, 2.05) is 30.3 Å². The van der Waals surface area contributed by atoms with Crippen LogP contribution < -0.4 is 5.32 Å². The van der Waals surface area contributed by atoms with Gasteiger partial charge in [-0.15, -0.1) is 0 Å². The number of aromatic nitrogens is 2. The first-order chi connectivity index (χ1) is 8.33. The predicted octanol–water partition coefficient (Wildman–Crippen LogP) is 2.11. The van der Waals surface area contributed by atoms with Gasteiger partial charge in [0.2, 0.25) is 11.7 Å². The first-order valence-corrected chi connectivity index (χ1v) is 5.59. The van der Waals surface area contributed by atoms with Gasteiger partial charge in [0.1, 0.15) is 6.17 Å². The molecule has 0 radical (unpaired) electrons. The lowest BCUT2D eigenvalue weighted by Crippen LogP contribution is -2.14. The summed E-state index contributed by atoms with van der Waals surface area (Å²) in [4.78, 5) is 4.29. The van der Waals surface area contributed by atoms with Crippen LogP contribution in [0, 0.1) is 0 Å². The summed E-state index contributed by atoms with van der Waals surface area (Å²) in [5.74, 6) is 1.01. The second-order valence-electron chi connectivity index (χ2n) is 4.12. The molecular formula is C12H12FN3O. The Kier molecular flexibility index (Phi) is 2.60. The highest BCUT2D eigenvalue weighted by molar-refractivity contribution is 5.53. The fourth-order valence-corrected chi connectivity index (χ4v) is 1.96. The van der Waals surface area contributed by atoms with Crippen molar-refractivity contribution in [1.82, 2.24) is 15.5 Å². The van der Waals surface area contributed by atoms with Gasteiger partial charge in [0.25, 0.3) is 0 Å². The maximum absolute atomic E-state index is 13.0. The van der Waals surface area contributed by atoms with Gasteiger partial charge >= 0.3 is 0 Å². The number of halogens is 1. The Balaban J connectivity index is 1.84. The minimum absolute atomic E-state index is 0.157. The van der Waals surface area contributed by atoms with Gasteiger partial charge in [-0.3, -0.25) is 0 Å². The lowest BCUT2D eigenvalue weighted by Gasteiger charge is -2.01. The first-order valence-electron chi connectivity index (χ1n) is 5.59. The smallest absolute Gasteiger partial charge is 0.244 e. The highest BCUT2D eigenvalue weighted by Crippen LogP contribution is 2.25. The average Bonchev–Trinajstić information content (AvgIpc) is 2.98. The highest BCUT2D eigenvalue weighted by atomic mass is 19.1. The summed E-state index contributed by atoms with van der Waals surface area (Å²) in [7, 11) is 0. The molecule has 1 N–H and O–H groups in total. The summed E-state index contributed by atoms with van der Waals surface area (Å²) in [6, 6.07) is 9.42. The van der Waals surface area contributed by atoms with Gasteiger partial charge in [-0.25, -0.2) is 4.39 Å². The second-order valence-corrected chi connectivity index (χ2v) is 4.12. The van der Waals surface area contributed by atoms with Crippen LogP contribution in [-0.4, -0.2) is 22.9 Å². The van der Waals surface area contributed by atoms with Gasteiger partial charge < -0.3 is 9.84 Å². The molecule has 0 spiro atoms. The molecule has 2 heterocycles. The van der Waals surface area contributed by atoms with Crippen molar-refractivity contribution in [3.63, 3.8) is 0 Å². The zero-order valence-corrected chi connectivity index (χ0v) is 9.14. The molecular weight excluding hydrogens is 221 g/mol. The third-order valence-corrected chi connectivity index (χ3v) is 2.85. The first kappa shape index (κ1) is 10.4. The third-order valence-electron chi connectivity index (χ3n) is 2.85. The summed E-state index contributed by atoms with van der Waals surface area (Å²) in [5, 5.41) is 6.92. The normalized spacial score (nSPS) is 24.1. The summed E-state index contributed by atoms with van der Waals surface area (Å²) in [6.45, 7) is 0.355. The quantitative estimate of drug-likeness (QED) is 0.863. The molecule has 17 heavy (non-hydrogen) atoms. The van der Waals surface area contributed by atoms with Crippen LogP contribution in [0.15, 0.2) is 34.9 Å². The molecule has 3 rings (SSSR count). The van der Waals surface area contributed by atoms with E-state index in [1.165, 1.54) is 0 Å². The summed E-state index contributed by atoms with van der Waals surface area (Å²) in [6.07, 6.45) is -0.428. The SMILES string of the molecule is F[C@H]1CN[C@@H](c2nc(-c3ccccc3)no2)C1. The molecule has 1 fully saturated rings. The maximum atomic E-state index is 13.0. The van der Waals surface area contributed by atoms with E-state index >= 15 is 0 Å². The van der Waals surface area contributed by atoms with Crippen LogP contribution >= 0.6 is 0 Å². The number of benzene rings is 1. The van der Waals surface area contributed by atoms with E-state index in [4.69, 9.17) is 4.52 Å². The Hall–Kier alpha value is -1.75. The van der Waals surface area contributed by atoms with E-state index < -0.39 is 6.17 Å². The van der Waals surface area contributed by atoms with E-state index in [1.54, 1.807) is 0 Å². The van der Waals surface area contributed by atoms with Gasteiger partial charge in [-0.2, -0.15) is 4.98 Å². The fraction of sp³-hybridized carbons (Fsp3) is 0.333. The molecule has 4 nitrogen and oxygen atoms in total. The Morgan fingerprint density at radius 3 is 2.82 bits per heavy atom. The van der Waals surface area contributed by atoms with Gasteiger partial charge in [-0.1, -0.05) is 35.5 Å². The van der Waals surface area contributed by atoms with Crippen LogP contribution in [0.5, 0.6) is 0 Å². The molecule has 5 heteroatoms. The van der Waals surface area contributed by atoms with Crippen molar-refractivity contribution in [2.24, 2.45) is 0 Å². The molecule has 1 aromatic carbocycles. The monoisotopic (exact) mass is 233 g/mol. The molecule has 88 valence electrons. The summed E-state index contributed by atoms with van der Waals surface area (Å²) >= 11 is 0. The molecule has 0 amide bonds. The van der Waals surface area contributed by atoms with Crippen molar-refractivity contribution >= 4 is 0 Å². The topological polar surface area (TPSA) is 51.0 Å². The van der Waals surface area contributed by atoms with E-state index in [0.29, 0.717) is 24.7 Å². The van der Waals surface area contributed by atoms with Crippen molar-refractivity contribution in [1.29, 1.82) is 0 Å². The van der Waals surface area contributed by atoms with E-state index in [0.717, 1.165) is 5.56 Å². The molecule has 1 aromatic heterocycles. The van der Waals surface area contributed by atoms with Crippen molar-refractivity contribution in [2.75, 3.05) is 6.54 Å². The molecule has 2 atom stereocenters. The fourth-order valence-electron chi connectivity index (χ4n) is 1.96. The number of alkyl halides is 1. The highest BCUT2D eigenvalue weighted by Gasteiger charge is 2.29. The van der Waals surface area contributed by atoms with Gasteiger partial charge in [0, 0.05) is 18.5 Å². The van der Waals surface area contributed by atoms with Crippen LogP contribution in [0.1, 0.15) is 18.4 Å². The van der Waals surface area contributed by atoms with E-state index in [2.05, 4.69) is 15.5 Å². The molecule has 1 aliphatic rings.